The Kier molecular flexibility index (Phi) is 4.27. The number of nitro benzene ring substituents is 1. The number of nitro groups is 1. The second-order valence-corrected chi connectivity index (χ2v) is 6.97. The molecule has 4 rings (SSSR count). The van der Waals surface area contributed by atoms with Crippen LogP contribution in [-0.4, -0.2) is 32.8 Å². The molecule has 144 valence electrons. The number of anilines is 1. The summed E-state index contributed by atoms with van der Waals surface area (Å²) >= 11 is 0. The van der Waals surface area contributed by atoms with Gasteiger partial charge >= 0.3 is 6.18 Å². The van der Waals surface area contributed by atoms with Gasteiger partial charge in [0.05, 0.1) is 10.5 Å². The van der Waals surface area contributed by atoms with Crippen molar-refractivity contribution in [2.75, 3.05) is 18.0 Å². The molecule has 0 saturated carbocycles. The van der Waals surface area contributed by atoms with Crippen molar-refractivity contribution in [3.63, 3.8) is 0 Å². The number of piperidine rings is 1. The summed E-state index contributed by atoms with van der Waals surface area (Å²) in [5.74, 6) is 1.89. The fourth-order valence-corrected chi connectivity index (χ4v) is 4.00. The minimum atomic E-state index is -4.62. The molecule has 1 fully saturated rings. The lowest BCUT2D eigenvalue weighted by atomic mass is 9.96. The van der Waals surface area contributed by atoms with E-state index in [0.717, 1.165) is 49.9 Å². The molecule has 0 aliphatic carbocycles. The van der Waals surface area contributed by atoms with E-state index in [0.29, 0.717) is 19.2 Å². The predicted molar refractivity (Wildman–Crippen MR) is 90.6 cm³/mol. The first-order valence-electron chi connectivity index (χ1n) is 8.87. The second kappa shape index (κ2) is 6.50. The lowest BCUT2D eigenvalue weighted by molar-refractivity contribution is -0.384. The largest absolute Gasteiger partial charge is 0.416 e. The molecule has 1 atom stereocenters. The molecular formula is C17H18F3N5O2. The minimum Gasteiger partial charge on any atom is -0.365 e. The number of rotatable bonds is 3. The molecule has 0 radical (unpaired) electrons. The maximum atomic E-state index is 12.9. The molecule has 3 heterocycles. The van der Waals surface area contributed by atoms with Gasteiger partial charge in [-0.2, -0.15) is 13.2 Å². The predicted octanol–water partition coefficient (Wildman–Crippen LogP) is 3.54. The smallest absolute Gasteiger partial charge is 0.365 e. The van der Waals surface area contributed by atoms with Gasteiger partial charge in [-0.05, 0) is 31.4 Å². The number of hydrogen-bond donors (Lipinski definition) is 0. The first-order chi connectivity index (χ1) is 12.8. The van der Waals surface area contributed by atoms with Crippen LogP contribution < -0.4 is 4.90 Å². The number of fused-ring (bicyclic) bond motifs is 1. The van der Waals surface area contributed by atoms with E-state index in [1.54, 1.807) is 4.90 Å². The van der Waals surface area contributed by atoms with E-state index >= 15 is 0 Å². The quantitative estimate of drug-likeness (QED) is 0.600. The molecule has 0 amide bonds. The van der Waals surface area contributed by atoms with Gasteiger partial charge in [0.15, 0.2) is 0 Å². The Labute approximate surface area is 152 Å². The molecule has 2 aliphatic heterocycles. The Bertz CT molecular complexity index is 880. The molecule has 2 aliphatic rings. The molecular weight excluding hydrogens is 363 g/mol. The lowest BCUT2D eigenvalue weighted by Crippen LogP contribution is -2.35. The third-order valence-electron chi connectivity index (χ3n) is 5.26. The highest BCUT2D eigenvalue weighted by molar-refractivity contribution is 5.65. The fraction of sp³-hybridized carbons (Fsp3) is 0.529. The van der Waals surface area contributed by atoms with Gasteiger partial charge in [0.25, 0.3) is 5.69 Å². The van der Waals surface area contributed by atoms with E-state index in [1.165, 1.54) is 6.07 Å². The molecule has 2 aromatic rings. The molecule has 7 nitrogen and oxygen atoms in total. The van der Waals surface area contributed by atoms with Crippen LogP contribution in [0.4, 0.5) is 24.5 Å². The van der Waals surface area contributed by atoms with Gasteiger partial charge in [-0.25, -0.2) is 0 Å². The number of halogens is 3. The van der Waals surface area contributed by atoms with Gasteiger partial charge in [0.2, 0.25) is 0 Å². The monoisotopic (exact) mass is 381 g/mol. The standard InChI is InChI=1S/C17H18F3N5O2/c18-17(19,20)12-5-6-13(14(9-12)25(26)27)23-7-1-3-11(10-23)16-22-21-15-4-2-8-24(15)16/h5-6,9,11H,1-4,7-8,10H2. The van der Waals surface area contributed by atoms with Crippen molar-refractivity contribution in [1.82, 2.24) is 14.8 Å². The van der Waals surface area contributed by atoms with Crippen molar-refractivity contribution < 1.29 is 18.1 Å². The van der Waals surface area contributed by atoms with E-state index in [2.05, 4.69) is 14.8 Å². The zero-order chi connectivity index (χ0) is 19.2. The first kappa shape index (κ1) is 17.7. The van der Waals surface area contributed by atoms with Gasteiger partial charge < -0.3 is 9.47 Å². The topological polar surface area (TPSA) is 77.1 Å². The third kappa shape index (κ3) is 3.24. The van der Waals surface area contributed by atoms with E-state index in [-0.39, 0.29) is 11.6 Å². The van der Waals surface area contributed by atoms with Crippen LogP contribution in [0.3, 0.4) is 0 Å². The summed E-state index contributed by atoms with van der Waals surface area (Å²) in [6, 6.07) is 2.73. The minimum absolute atomic E-state index is 0.0556. The number of hydrogen-bond acceptors (Lipinski definition) is 5. The van der Waals surface area contributed by atoms with Gasteiger partial charge in [-0.15, -0.1) is 10.2 Å². The summed E-state index contributed by atoms with van der Waals surface area (Å²) in [6.45, 7) is 1.91. The number of aromatic nitrogens is 3. The zero-order valence-corrected chi connectivity index (χ0v) is 14.4. The Morgan fingerprint density at radius 2 is 2.00 bits per heavy atom. The normalized spacial score (nSPS) is 20.0. The van der Waals surface area contributed by atoms with E-state index in [9.17, 15) is 23.3 Å². The highest BCUT2D eigenvalue weighted by Gasteiger charge is 2.35. The fourth-order valence-electron chi connectivity index (χ4n) is 4.00. The third-order valence-corrected chi connectivity index (χ3v) is 5.26. The number of alkyl halides is 3. The van der Waals surface area contributed by atoms with Gasteiger partial charge in [-0.1, -0.05) is 0 Å². The van der Waals surface area contributed by atoms with E-state index in [4.69, 9.17) is 0 Å². The molecule has 0 bridgehead atoms. The molecule has 0 N–H and O–H groups in total. The van der Waals surface area contributed by atoms with Gasteiger partial charge in [0.1, 0.15) is 17.3 Å². The molecule has 27 heavy (non-hydrogen) atoms. The summed E-state index contributed by atoms with van der Waals surface area (Å²) in [4.78, 5) is 12.4. The maximum Gasteiger partial charge on any atom is 0.416 e. The molecule has 1 saturated heterocycles. The second-order valence-electron chi connectivity index (χ2n) is 6.97. The molecule has 1 unspecified atom stereocenters. The van der Waals surface area contributed by atoms with Crippen molar-refractivity contribution in [3.05, 3.63) is 45.5 Å². The highest BCUT2D eigenvalue weighted by Crippen LogP contribution is 2.39. The SMILES string of the molecule is O=[N+]([O-])c1cc(C(F)(F)F)ccc1N1CCCC(c2nnc3n2CCC3)C1. The van der Waals surface area contributed by atoms with Crippen LogP contribution in [0, 0.1) is 10.1 Å². The Morgan fingerprint density at radius 1 is 1.19 bits per heavy atom. The summed E-state index contributed by atoms with van der Waals surface area (Å²) in [5.41, 5.74) is -1.31. The summed E-state index contributed by atoms with van der Waals surface area (Å²) < 4.78 is 40.9. The van der Waals surface area contributed by atoms with Crippen LogP contribution in [-0.2, 0) is 19.1 Å². The lowest BCUT2D eigenvalue weighted by Gasteiger charge is -2.33. The van der Waals surface area contributed by atoms with Crippen LogP contribution in [0.25, 0.3) is 0 Å². The van der Waals surface area contributed by atoms with Crippen molar-refractivity contribution in [2.24, 2.45) is 0 Å². The Hall–Kier alpha value is -2.65. The molecule has 1 aromatic heterocycles. The molecule has 1 aromatic carbocycles. The Balaban J connectivity index is 1.64. The van der Waals surface area contributed by atoms with Crippen molar-refractivity contribution >= 4 is 11.4 Å². The summed E-state index contributed by atoms with van der Waals surface area (Å²) in [6.07, 6.45) is -1.03. The first-order valence-corrected chi connectivity index (χ1v) is 8.87. The zero-order valence-electron chi connectivity index (χ0n) is 14.4. The number of benzene rings is 1. The van der Waals surface area contributed by atoms with Crippen molar-refractivity contribution in [1.29, 1.82) is 0 Å². The Morgan fingerprint density at radius 3 is 2.74 bits per heavy atom. The average Bonchev–Trinajstić information content (AvgIpc) is 3.24. The van der Waals surface area contributed by atoms with Crippen LogP contribution in [0.5, 0.6) is 0 Å². The van der Waals surface area contributed by atoms with Crippen molar-refractivity contribution in [3.8, 4) is 0 Å². The number of aryl methyl sites for hydroxylation is 1. The molecule has 10 heteroatoms. The average molecular weight is 381 g/mol. The maximum absolute atomic E-state index is 12.9. The van der Waals surface area contributed by atoms with Crippen LogP contribution >= 0.6 is 0 Å². The van der Waals surface area contributed by atoms with Crippen molar-refractivity contribution in [2.45, 2.75) is 44.3 Å². The molecule has 0 spiro atoms. The highest BCUT2D eigenvalue weighted by atomic mass is 19.4. The van der Waals surface area contributed by atoms with Gasteiger partial charge in [-0.3, -0.25) is 10.1 Å². The number of nitrogens with zero attached hydrogens (tertiary/aromatic N) is 5. The van der Waals surface area contributed by atoms with E-state index < -0.39 is 22.4 Å². The summed E-state index contributed by atoms with van der Waals surface area (Å²) in [5, 5.41) is 19.9. The van der Waals surface area contributed by atoms with E-state index in [1.807, 2.05) is 0 Å². The van der Waals surface area contributed by atoms with Crippen LogP contribution in [0.2, 0.25) is 0 Å². The van der Waals surface area contributed by atoms with Gasteiger partial charge in [0, 0.05) is 38.0 Å². The van der Waals surface area contributed by atoms with Crippen LogP contribution in [0.15, 0.2) is 18.2 Å². The summed E-state index contributed by atoms with van der Waals surface area (Å²) in [7, 11) is 0. The van der Waals surface area contributed by atoms with Crippen LogP contribution in [0.1, 0.15) is 42.4 Å².